The van der Waals surface area contributed by atoms with E-state index in [9.17, 15) is 9.59 Å². The van der Waals surface area contributed by atoms with Crippen molar-refractivity contribution < 1.29 is 19.1 Å². The number of rotatable bonds is 12. The molecule has 7 heteroatoms. The summed E-state index contributed by atoms with van der Waals surface area (Å²) in [6.07, 6.45) is 9.51. The second-order valence-electron chi connectivity index (χ2n) is 10.1. The van der Waals surface area contributed by atoms with Crippen LogP contribution in [-0.4, -0.2) is 54.9 Å². The number of piperidine rings is 1. The third-order valence-corrected chi connectivity index (χ3v) is 5.84. The summed E-state index contributed by atoms with van der Waals surface area (Å²) < 4.78 is 11.4. The Bertz CT molecular complexity index is 722. The third kappa shape index (κ3) is 11.6. The van der Waals surface area contributed by atoms with Crippen molar-refractivity contribution in [1.82, 2.24) is 15.5 Å². The highest BCUT2D eigenvalue weighted by Gasteiger charge is 2.23. The predicted molar refractivity (Wildman–Crippen MR) is 136 cm³/mol. The largest absolute Gasteiger partial charge is 0.490 e. The molecule has 0 saturated carbocycles. The summed E-state index contributed by atoms with van der Waals surface area (Å²) in [5.41, 5.74) is 0.636. The number of alkyl carbamates (subject to hydrolysis) is 1. The van der Waals surface area contributed by atoms with Crippen molar-refractivity contribution in [3.05, 3.63) is 29.8 Å². The Balaban J connectivity index is 1.60. The van der Waals surface area contributed by atoms with Crippen molar-refractivity contribution in [2.75, 3.05) is 26.2 Å². The molecule has 0 bridgehead atoms. The Morgan fingerprint density at radius 1 is 0.941 bits per heavy atom. The summed E-state index contributed by atoms with van der Waals surface area (Å²) in [7, 11) is 0. The molecule has 192 valence electrons. The Morgan fingerprint density at radius 3 is 2.24 bits per heavy atom. The van der Waals surface area contributed by atoms with Crippen LogP contribution < -0.4 is 15.4 Å². The summed E-state index contributed by atoms with van der Waals surface area (Å²) in [4.78, 5) is 26.0. The lowest BCUT2D eigenvalue weighted by Crippen LogP contribution is -2.46. The smallest absolute Gasteiger partial charge is 0.407 e. The van der Waals surface area contributed by atoms with Crippen molar-refractivity contribution in [3.63, 3.8) is 0 Å². The van der Waals surface area contributed by atoms with E-state index in [2.05, 4.69) is 17.6 Å². The van der Waals surface area contributed by atoms with E-state index in [1.807, 2.05) is 49.9 Å². The fraction of sp³-hybridized carbons (Fsp3) is 0.704. The third-order valence-electron chi connectivity index (χ3n) is 5.84. The Kier molecular flexibility index (Phi) is 12.1. The molecule has 0 aliphatic carbocycles. The number of hydrogen-bond donors (Lipinski definition) is 2. The van der Waals surface area contributed by atoms with Crippen LogP contribution in [-0.2, 0) is 11.2 Å². The maximum atomic E-state index is 12.4. The van der Waals surface area contributed by atoms with Gasteiger partial charge in [-0.3, -0.25) is 0 Å². The van der Waals surface area contributed by atoms with E-state index < -0.39 is 11.7 Å². The molecular formula is C27H45N3O4. The first-order chi connectivity index (χ1) is 16.3. The highest BCUT2D eigenvalue weighted by Crippen LogP contribution is 2.20. The van der Waals surface area contributed by atoms with Crippen LogP contribution in [0.5, 0.6) is 5.75 Å². The SMILES string of the molecule is CCCCCCCCNC(=O)N1CCC(Oc2ccc(CCNC(=O)OC(C)(C)C)cc2)CC1. The first kappa shape index (κ1) is 27.8. The van der Waals surface area contributed by atoms with Crippen LogP contribution in [0.2, 0.25) is 0 Å². The minimum absolute atomic E-state index is 0.0522. The average molecular weight is 476 g/mol. The van der Waals surface area contributed by atoms with E-state index in [0.717, 1.165) is 56.6 Å². The van der Waals surface area contributed by atoms with Crippen LogP contribution in [0.25, 0.3) is 0 Å². The molecule has 1 heterocycles. The van der Waals surface area contributed by atoms with E-state index in [-0.39, 0.29) is 12.1 Å². The van der Waals surface area contributed by atoms with Gasteiger partial charge in [-0.25, -0.2) is 9.59 Å². The molecule has 0 unspecified atom stereocenters. The Morgan fingerprint density at radius 2 is 1.59 bits per heavy atom. The van der Waals surface area contributed by atoms with Crippen molar-refractivity contribution >= 4 is 12.1 Å². The topological polar surface area (TPSA) is 79.9 Å². The van der Waals surface area contributed by atoms with Crippen LogP contribution in [0.4, 0.5) is 9.59 Å². The van der Waals surface area contributed by atoms with Crippen LogP contribution in [0.15, 0.2) is 24.3 Å². The van der Waals surface area contributed by atoms with Gasteiger partial charge < -0.3 is 25.0 Å². The molecule has 0 aromatic heterocycles. The second kappa shape index (κ2) is 14.7. The molecule has 2 N–H and O–H groups in total. The summed E-state index contributed by atoms with van der Waals surface area (Å²) in [5, 5.41) is 5.84. The van der Waals surface area contributed by atoms with Crippen LogP contribution in [0, 0.1) is 0 Å². The molecule has 7 nitrogen and oxygen atoms in total. The van der Waals surface area contributed by atoms with Gasteiger partial charge in [-0.05, 0) is 51.3 Å². The monoisotopic (exact) mass is 475 g/mol. The fourth-order valence-corrected chi connectivity index (χ4v) is 3.94. The number of likely N-dealkylation sites (tertiary alicyclic amines) is 1. The number of hydrogen-bond acceptors (Lipinski definition) is 4. The van der Waals surface area contributed by atoms with Gasteiger partial charge in [0, 0.05) is 39.0 Å². The van der Waals surface area contributed by atoms with Gasteiger partial charge >= 0.3 is 12.1 Å². The molecule has 1 aromatic rings. The Labute approximate surface area is 205 Å². The number of unbranched alkanes of at least 4 members (excludes halogenated alkanes) is 5. The number of nitrogens with zero attached hydrogens (tertiary/aromatic N) is 1. The van der Waals surface area contributed by atoms with Crippen LogP contribution in [0.1, 0.15) is 84.6 Å². The highest BCUT2D eigenvalue weighted by atomic mass is 16.6. The Hall–Kier alpha value is -2.44. The molecule has 2 rings (SSSR count). The van der Waals surface area contributed by atoms with E-state index >= 15 is 0 Å². The number of benzene rings is 1. The molecule has 1 fully saturated rings. The van der Waals surface area contributed by atoms with E-state index in [4.69, 9.17) is 9.47 Å². The fourth-order valence-electron chi connectivity index (χ4n) is 3.94. The zero-order valence-corrected chi connectivity index (χ0v) is 21.7. The predicted octanol–water partition coefficient (Wildman–Crippen LogP) is 5.67. The number of ether oxygens (including phenoxy) is 2. The maximum Gasteiger partial charge on any atom is 0.407 e. The van der Waals surface area contributed by atoms with Crippen molar-refractivity contribution in [2.24, 2.45) is 0 Å². The zero-order valence-electron chi connectivity index (χ0n) is 21.7. The van der Waals surface area contributed by atoms with E-state index in [0.29, 0.717) is 6.54 Å². The van der Waals surface area contributed by atoms with E-state index in [1.165, 1.54) is 32.1 Å². The lowest BCUT2D eigenvalue weighted by molar-refractivity contribution is 0.0528. The lowest BCUT2D eigenvalue weighted by Gasteiger charge is -2.32. The van der Waals surface area contributed by atoms with Gasteiger partial charge in [0.15, 0.2) is 0 Å². The van der Waals surface area contributed by atoms with Gasteiger partial charge in [-0.2, -0.15) is 0 Å². The molecule has 0 atom stereocenters. The number of amides is 3. The van der Waals surface area contributed by atoms with Crippen LogP contribution in [0.3, 0.4) is 0 Å². The minimum Gasteiger partial charge on any atom is -0.490 e. The van der Waals surface area contributed by atoms with Crippen molar-refractivity contribution in [1.29, 1.82) is 0 Å². The number of urea groups is 1. The minimum atomic E-state index is -0.490. The first-order valence-corrected chi connectivity index (χ1v) is 13.0. The van der Waals surface area contributed by atoms with Gasteiger partial charge in [0.05, 0.1) is 0 Å². The van der Waals surface area contributed by atoms with E-state index in [1.54, 1.807) is 0 Å². The lowest BCUT2D eigenvalue weighted by atomic mass is 10.1. The molecule has 34 heavy (non-hydrogen) atoms. The number of carbonyl (C=O) groups is 2. The molecule has 1 saturated heterocycles. The van der Waals surface area contributed by atoms with Crippen LogP contribution >= 0.6 is 0 Å². The molecule has 1 aromatic carbocycles. The highest BCUT2D eigenvalue weighted by molar-refractivity contribution is 5.74. The zero-order chi connectivity index (χ0) is 24.8. The maximum absolute atomic E-state index is 12.4. The number of nitrogens with one attached hydrogen (secondary N) is 2. The van der Waals surface area contributed by atoms with Crippen molar-refractivity contribution in [2.45, 2.75) is 97.2 Å². The summed E-state index contributed by atoms with van der Waals surface area (Å²) in [6, 6.07) is 8.05. The molecule has 3 amide bonds. The molecule has 0 spiro atoms. The number of carbonyl (C=O) groups excluding carboxylic acids is 2. The van der Waals surface area contributed by atoms with Gasteiger partial charge in [-0.1, -0.05) is 51.2 Å². The molecule has 1 aliphatic heterocycles. The summed E-state index contributed by atoms with van der Waals surface area (Å²) in [6.45, 7) is 10.5. The summed E-state index contributed by atoms with van der Waals surface area (Å²) in [5.74, 6) is 0.842. The van der Waals surface area contributed by atoms with Gasteiger partial charge in [-0.15, -0.1) is 0 Å². The quantitative estimate of drug-likeness (QED) is 0.382. The molecule has 1 aliphatic rings. The van der Waals surface area contributed by atoms with Crippen molar-refractivity contribution in [3.8, 4) is 5.75 Å². The average Bonchev–Trinajstić information content (AvgIpc) is 2.79. The standard InChI is InChI=1S/C27H45N3O4/c1-5-6-7-8-9-10-18-28-25(31)30-20-16-24(17-21-30)33-23-13-11-22(12-14-23)15-19-29-26(32)34-27(2,3)4/h11-14,24H,5-10,15-21H2,1-4H3,(H,28,31)(H,29,32). The van der Waals surface area contributed by atoms with Gasteiger partial charge in [0.2, 0.25) is 0 Å². The molecule has 0 radical (unpaired) electrons. The summed E-state index contributed by atoms with van der Waals surface area (Å²) >= 11 is 0. The first-order valence-electron chi connectivity index (χ1n) is 13.0. The molecular weight excluding hydrogens is 430 g/mol. The van der Waals surface area contributed by atoms with Gasteiger partial charge in [0.25, 0.3) is 0 Å². The second-order valence-corrected chi connectivity index (χ2v) is 10.1. The van der Waals surface area contributed by atoms with Gasteiger partial charge in [0.1, 0.15) is 17.5 Å². The normalized spacial score (nSPS) is 14.5.